The number of nitrogens with one attached hydrogen (secondary N) is 2. The molecule has 0 aliphatic carbocycles. The van der Waals surface area contributed by atoms with Crippen molar-refractivity contribution in [2.75, 3.05) is 0 Å². The summed E-state index contributed by atoms with van der Waals surface area (Å²) in [5.74, 6) is 0.352. The number of rotatable bonds is 1. The van der Waals surface area contributed by atoms with Gasteiger partial charge in [-0.15, -0.1) is 11.6 Å². The first-order valence-electron chi connectivity index (χ1n) is 4.02. The molecule has 0 fully saturated rings. The zero-order chi connectivity index (χ0) is 10.1. The highest BCUT2D eigenvalue weighted by Crippen LogP contribution is 2.10. The summed E-state index contributed by atoms with van der Waals surface area (Å²) in [6.07, 6.45) is 0. The SMILES string of the molecule is O=c1[nH]c(=O)c2ccc(CCl)cc2[nH]1. The zero-order valence-electron chi connectivity index (χ0n) is 7.13. The van der Waals surface area contributed by atoms with Crippen LogP contribution in [-0.2, 0) is 5.88 Å². The summed E-state index contributed by atoms with van der Waals surface area (Å²) >= 11 is 5.63. The molecule has 0 aliphatic rings. The predicted molar refractivity (Wildman–Crippen MR) is 54.7 cm³/mol. The van der Waals surface area contributed by atoms with Crippen LogP contribution in [0.1, 0.15) is 5.56 Å². The van der Waals surface area contributed by atoms with Crippen molar-refractivity contribution in [2.45, 2.75) is 5.88 Å². The van der Waals surface area contributed by atoms with Gasteiger partial charge in [-0.3, -0.25) is 9.78 Å². The molecule has 1 heterocycles. The Labute approximate surface area is 83.5 Å². The summed E-state index contributed by atoms with van der Waals surface area (Å²) in [4.78, 5) is 26.9. The molecule has 0 saturated heterocycles. The second-order valence-corrected chi connectivity index (χ2v) is 3.19. The van der Waals surface area contributed by atoms with Gasteiger partial charge >= 0.3 is 5.69 Å². The van der Waals surface area contributed by atoms with Gasteiger partial charge in [0.15, 0.2) is 0 Å². The molecule has 2 aromatic rings. The molecule has 0 spiro atoms. The maximum Gasteiger partial charge on any atom is 0.326 e. The number of H-pyrrole nitrogens is 2. The molecular formula is C9H7ClN2O2. The molecule has 0 bridgehead atoms. The molecule has 1 aromatic carbocycles. The molecule has 5 heteroatoms. The fourth-order valence-electron chi connectivity index (χ4n) is 1.30. The lowest BCUT2D eigenvalue weighted by Gasteiger charge is -1.98. The molecule has 2 rings (SSSR count). The van der Waals surface area contributed by atoms with E-state index >= 15 is 0 Å². The second kappa shape index (κ2) is 3.31. The van der Waals surface area contributed by atoms with Gasteiger partial charge < -0.3 is 4.98 Å². The zero-order valence-corrected chi connectivity index (χ0v) is 7.89. The smallest absolute Gasteiger partial charge is 0.307 e. The van der Waals surface area contributed by atoms with Gasteiger partial charge in [-0.1, -0.05) is 6.07 Å². The summed E-state index contributed by atoms with van der Waals surface area (Å²) in [6, 6.07) is 5.09. The first-order chi connectivity index (χ1) is 6.70. The highest BCUT2D eigenvalue weighted by atomic mass is 35.5. The van der Waals surface area contributed by atoms with Crippen LogP contribution in [0.2, 0.25) is 0 Å². The molecule has 0 unspecified atom stereocenters. The van der Waals surface area contributed by atoms with E-state index in [2.05, 4.69) is 9.97 Å². The Hall–Kier alpha value is -1.55. The Balaban J connectivity index is 2.89. The molecular weight excluding hydrogens is 204 g/mol. The second-order valence-electron chi connectivity index (χ2n) is 2.92. The van der Waals surface area contributed by atoms with Crippen LogP contribution in [0.4, 0.5) is 0 Å². The van der Waals surface area contributed by atoms with Crippen molar-refractivity contribution < 1.29 is 0 Å². The van der Waals surface area contributed by atoms with Crippen LogP contribution in [0, 0.1) is 0 Å². The van der Waals surface area contributed by atoms with E-state index in [9.17, 15) is 9.59 Å². The molecule has 1 aromatic heterocycles. The van der Waals surface area contributed by atoms with Crippen LogP contribution in [0.3, 0.4) is 0 Å². The lowest BCUT2D eigenvalue weighted by Crippen LogP contribution is -2.21. The number of alkyl halides is 1. The highest BCUT2D eigenvalue weighted by Gasteiger charge is 2.00. The van der Waals surface area contributed by atoms with Crippen molar-refractivity contribution in [3.05, 3.63) is 44.6 Å². The van der Waals surface area contributed by atoms with Gasteiger partial charge in [-0.2, -0.15) is 0 Å². The third kappa shape index (κ3) is 1.44. The summed E-state index contributed by atoms with van der Waals surface area (Å²) < 4.78 is 0. The Kier molecular flexibility index (Phi) is 2.13. The fraction of sp³-hybridized carbons (Fsp3) is 0.111. The maximum atomic E-state index is 11.3. The normalized spacial score (nSPS) is 10.6. The molecule has 14 heavy (non-hydrogen) atoms. The number of hydrogen-bond acceptors (Lipinski definition) is 2. The van der Waals surface area contributed by atoms with Crippen molar-refractivity contribution >= 4 is 22.5 Å². The molecule has 72 valence electrons. The molecule has 0 saturated carbocycles. The Morgan fingerprint density at radius 3 is 2.71 bits per heavy atom. The van der Waals surface area contributed by atoms with Crippen LogP contribution >= 0.6 is 11.6 Å². The quantitative estimate of drug-likeness (QED) is 0.689. The topological polar surface area (TPSA) is 65.7 Å². The minimum Gasteiger partial charge on any atom is -0.307 e. The summed E-state index contributed by atoms with van der Waals surface area (Å²) in [5, 5.41) is 0.457. The first-order valence-corrected chi connectivity index (χ1v) is 4.55. The van der Waals surface area contributed by atoms with Crippen LogP contribution in [0.15, 0.2) is 27.8 Å². The number of hydrogen-bond donors (Lipinski definition) is 2. The number of fused-ring (bicyclic) bond motifs is 1. The fourth-order valence-corrected chi connectivity index (χ4v) is 1.47. The van der Waals surface area contributed by atoms with Crippen LogP contribution in [0.5, 0.6) is 0 Å². The van der Waals surface area contributed by atoms with E-state index in [0.29, 0.717) is 16.8 Å². The number of halogens is 1. The largest absolute Gasteiger partial charge is 0.326 e. The van der Waals surface area contributed by atoms with E-state index in [4.69, 9.17) is 11.6 Å². The summed E-state index contributed by atoms with van der Waals surface area (Å²) in [7, 11) is 0. The molecule has 0 radical (unpaired) electrons. The van der Waals surface area contributed by atoms with E-state index in [0.717, 1.165) is 5.56 Å². The van der Waals surface area contributed by atoms with E-state index < -0.39 is 5.69 Å². The van der Waals surface area contributed by atoms with Gasteiger partial charge in [0.1, 0.15) is 0 Å². The first kappa shape index (κ1) is 9.02. The van der Waals surface area contributed by atoms with Gasteiger partial charge in [-0.05, 0) is 17.7 Å². The Morgan fingerprint density at radius 1 is 1.21 bits per heavy atom. The molecule has 0 aliphatic heterocycles. The van der Waals surface area contributed by atoms with Crippen LogP contribution in [0.25, 0.3) is 10.9 Å². The van der Waals surface area contributed by atoms with Gasteiger partial charge in [0.05, 0.1) is 10.9 Å². The standard InChI is InChI=1S/C9H7ClN2O2/c10-4-5-1-2-6-7(3-5)11-9(14)12-8(6)13/h1-3H,4H2,(H2,11,12,13,14). The summed E-state index contributed by atoms with van der Waals surface area (Å²) in [6.45, 7) is 0. The number of benzene rings is 1. The van der Waals surface area contributed by atoms with Gasteiger partial charge in [0, 0.05) is 5.88 Å². The Bertz CT molecular complexity index is 585. The lowest BCUT2D eigenvalue weighted by molar-refractivity contribution is 1.08. The van der Waals surface area contributed by atoms with Gasteiger partial charge in [0.25, 0.3) is 5.56 Å². The maximum absolute atomic E-state index is 11.3. The van der Waals surface area contributed by atoms with E-state index in [1.165, 1.54) is 0 Å². The average molecular weight is 211 g/mol. The van der Waals surface area contributed by atoms with Crippen molar-refractivity contribution in [1.82, 2.24) is 9.97 Å². The van der Waals surface area contributed by atoms with Crippen LogP contribution < -0.4 is 11.2 Å². The molecule has 0 atom stereocenters. The average Bonchev–Trinajstić information content (AvgIpc) is 2.16. The molecule has 4 nitrogen and oxygen atoms in total. The summed E-state index contributed by atoms with van der Waals surface area (Å²) in [5.41, 5.74) is 0.483. The predicted octanol–water partition coefficient (Wildman–Crippen LogP) is 0.955. The van der Waals surface area contributed by atoms with Crippen molar-refractivity contribution in [1.29, 1.82) is 0 Å². The van der Waals surface area contributed by atoms with Gasteiger partial charge in [0.2, 0.25) is 0 Å². The third-order valence-corrected chi connectivity index (χ3v) is 2.27. The molecule has 0 amide bonds. The van der Waals surface area contributed by atoms with Crippen molar-refractivity contribution in [2.24, 2.45) is 0 Å². The third-order valence-electron chi connectivity index (χ3n) is 1.96. The minimum atomic E-state index is -0.505. The monoisotopic (exact) mass is 210 g/mol. The minimum absolute atomic E-state index is 0.352. The van der Waals surface area contributed by atoms with Crippen molar-refractivity contribution in [3.8, 4) is 0 Å². The number of aromatic amines is 2. The van der Waals surface area contributed by atoms with E-state index in [-0.39, 0.29) is 5.56 Å². The van der Waals surface area contributed by atoms with Gasteiger partial charge in [-0.25, -0.2) is 4.79 Å². The lowest BCUT2D eigenvalue weighted by atomic mass is 10.2. The van der Waals surface area contributed by atoms with E-state index in [1.807, 2.05) is 0 Å². The van der Waals surface area contributed by atoms with E-state index in [1.54, 1.807) is 18.2 Å². The van der Waals surface area contributed by atoms with Crippen LogP contribution in [-0.4, -0.2) is 9.97 Å². The highest BCUT2D eigenvalue weighted by molar-refractivity contribution is 6.17. The Morgan fingerprint density at radius 2 is 2.00 bits per heavy atom. The van der Waals surface area contributed by atoms with Crippen molar-refractivity contribution in [3.63, 3.8) is 0 Å². The number of aromatic nitrogens is 2. The molecule has 2 N–H and O–H groups in total.